The molecule has 0 bridgehead atoms. The minimum atomic E-state index is -0.399. The average Bonchev–Trinajstić information content (AvgIpc) is 2.97. The first-order chi connectivity index (χ1) is 13.7. The molecule has 1 aliphatic rings. The van der Waals surface area contributed by atoms with Crippen LogP contribution < -0.4 is 10.1 Å². The predicted molar refractivity (Wildman–Crippen MR) is 117 cm³/mol. The Morgan fingerprint density at radius 1 is 1.31 bits per heavy atom. The van der Waals surface area contributed by atoms with Crippen molar-refractivity contribution in [2.24, 2.45) is 5.92 Å². The van der Waals surface area contributed by atoms with Gasteiger partial charge in [0, 0.05) is 9.90 Å². The monoisotopic (exact) mass is 455 g/mol. The molecule has 0 radical (unpaired) electrons. The SMILES string of the molecule is CC(C)OC(=O)c1c(NC(=O)COc2ccc(Cl)cc2Cl)sc2c1CC[C@H](C)C2. The highest BCUT2D eigenvalue weighted by Gasteiger charge is 2.29. The number of benzene rings is 1. The maximum absolute atomic E-state index is 12.7. The Kier molecular flexibility index (Phi) is 7.09. The summed E-state index contributed by atoms with van der Waals surface area (Å²) in [6.07, 6.45) is 2.48. The van der Waals surface area contributed by atoms with Crippen molar-refractivity contribution in [3.8, 4) is 5.75 Å². The maximum Gasteiger partial charge on any atom is 0.341 e. The molecule has 8 heteroatoms. The first-order valence-electron chi connectivity index (χ1n) is 9.47. The number of nitrogens with one attached hydrogen (secondary N) is 1. The largest absolute Gasteiger partial charge is 0.482 e. The van der Waals surface area contributed by atoms with E-state index in [4.69, 9.17) is 32.7 Å². The van der Waals surface area contributed by atoms with Crippen molar-refractivity contribution in [3.63, 3.8) is 0 Å². The molecule has 2 aromatic rings. The summed E-state index contributed by atoms with van der Waals surface area (Å²) >= 11 is 13.4. The topological polar surface area (TPSA) is 64.6 Å². The summed E-state index contributed by atoms with van der Waals surface area (Å²) in [6.45, 7) is 5.57. The Morgan fingerprint density at radius 3 is 2.76 bits per heavy atom. The van der Waals surface area contributed by atoms with Crippen LogP contribution in [0.5, 0.6) is 5.75 Å². The fourth-order valence-corrected chi connectivity index (χ4v) is 5.10. The molecule has 1 heterocycles. The van der Waals surface area contributed by atoms with Crippen LogP contribution in [-0.4, -0.2) is 24.6 Å². The van der Waals surface area contributed by atoms with Gasteiger partial charge in [-0.2, -0.15) is 0 Å². The van der Waals surface area contributed by atoms with E-state index in [1.165, 1.54) is 11.3 Å². The summed E-state index contributed by atoms with van der Waals surface area (Å²) in [4.78, 5) is 26.3. The van der Waals surface area contributed by atoms with Gasteiger partial charge in [0.05, 0.1) is 16.7 Å². The van der Waals surface area contributed by atoms with Crippen LogP contribution in [0.1, 0.15) is 48.0 Å². The second-order valence-corrected chi connectivity index (χ2v) is 9.37. The Bertz CT molecular complexity index is 926. The highest BCUT2D eigenvalue weighted by atomic mass is 35.5. The lowest BCUT2D eigenvalue weighted by Crippen LogP contribution is -2.22. The van der Waals surface area contributed by atoms with E-state index in [1.807, 2.05) is 0 Å². The van der Waals surface area contributed by atoms with Gasteiger partial charge in [-0.05, 0) is 62.8 Å². The zero-order valence-corrected chi connectivity index (χ0v) is 18.8. The molecular formula is C21H23Cl2NO4S. The van der Waals surface area contributed by atoms with E-state index >= 15 is 0 Å². The third-order valence-corrected chi connectivity index (χ3v) is 6.26. The normalized spacial score (nSPS) is 15.7. The third-order valence-electron chi connectivity index (χ3n) is 4.56. The molecule has 1 N–H and O–H groups in total. The van der Waals surface area contributed by atoms with Crippen LogP contribution in [-0.2, 0) is 22.4 Å². The molecule has 156 valence electrons. The molecule has 0 aliphatic heterocycles. The van der Waals surface area contributed by atoms with E-state index < -0.39 is 5.97 Å². The molecule has 1 aliphatic carbocycles. The number of amides is 1. The van der Waals surface area contributed by atoms with Gasteiger partial charge in [0.15, 0.2) is 6.61 Å². The number of anilines is 1. The molecule has 0 unspecified atom stereocenters. The van der Waals surface area contributed by atoms with Crippen molar-refractivity contribution >= 4 is 51.4 Å². The van der Waals surface area contributed by atoms with Crippen LogP contribution >= 0.6 is 34.5 Å². The summed E-state index contributed by atoms with van der Waals surface area (Å²) in [5, 5.41) is 4.15. The number of carbonyl (C=O) groups is 2. The standard InChI is InChI=1S/C21H23Cl2NO4S/c1-11(2)28-21(26)19-14-6-4-12(3)8-17(14)29-20(19)24-18(25)10-27-16-7-5-13(22)9-15(16)23/h5,7,9,11-12H,4,6,8,10H2,1-3H3,(H,24,25)/t12-/m0/s1. The second-order valence-electron chi connectivity index (χ2n) is 7.42. The average molecular weight is 456 g/mol. The van der Waals surface area contributed by atoms with Gasteiger partial charge in [0.25, 0.3) is 5.91 Å². The smallest absolute Gasteiger partial charge is 0.341 e. The van der Waals surface area contributed by atoms with Crippen LogP contribution in [0.4, 0.5) is 5.00 Å². The molecule has 3 rings (SSSR count). The van der Waals surface area contributed by atoms with Crippen molar-refractivity contribution in [1.29, 1.82) is 0 Å². The van der Waals surface area contributed by atoms with Gasteiger partial charge >= 0.3 is 5.97 Å². The van der Waals surface area contributed by atoms with Crippen LogP contribution in [0.25, 0.3) is 0 Å². The summed E-state index contributed by atoms with van der Waals surface area (Å²) < 4.78 is 10.9. The van der Waals surface area contributed by atoms with Crippen LogP contribution in [0.3, 0.4) is 0 Å². The molecule has 0 spiro atoms. The molecular weight excluding hydrogens is 433 g/mol. The lowest BCUT2D eigenvalue weighted by molar-refractivity contribution is -0.118. The molecule has 29 heavy (non-hydrogen) atoms. The number of rotatable bonds is 6. The minimum absolute atomic E-state index is 0.237. The van der Waals surface area contributed by atoms with Gasteiger partial charge in [0.2, 0.25) is 0 Å². The fraction of sp³-hybridized carbons (Fsp3) is 0.429. The van der Waals surface area contributed by atoms with Gasteiger partial charge < -0.3 is 14.8 Å². The molecule has 1 aromatic heterocycles. The van der Waals surface area contributed by atoms with Crippen molar-refractivity contribution in [2.45, 2.75) is 46.1 Å². The fourth-order valence-electron chi connectivity index (χ4n) is 3.23. The number of thiophene rings is 1. The van der Waals surface area contributed by atoms with Crippen LogP contribution in [0.2, 0.25) is 10.0 Å². The predicted octanol–water partition coefficient (Wildman–Crippen LogP) is 5.76. The second kappa shape index (κ2) is 9.37. The summed E-state index contributed by atoms with van der Waals surface area (Å²) in [5.41, 5.74) is 1.47. The van der Waals surface area contributed by atoms with E-state index in [1.54, 1.807) is 32.0 Å². The van der Waals surface area contributed by atoms with Crippen LogP contribution in [0, 0.1) is 5.92 Å². The number of carbonyl (C=O) groups excluding carboxylic acids is 2. The zero-order valence-electron chi connectivity index (χ0n) is 16.5. The van der Waals surface area contributed by atoms with Crippen molar-refractivity contribution in [3.05, 3.63) is 44.2 Å². The van der Waals surface area contributed by atoms with Gasteiger partial charge in [-0.25, -0.2) is 4.79 Å². The highest BCUT2D eigenvalue weighted by molar-refractivity contribution is 7.17. The number of hydrogen-bond acceptors (Lipinski definition) is 5. The quantitative estimate of drug-likeness (QED) is 0.561. The lowest BCUT2D eigenvalue weighted by Gasteiger charge is -2.18. The van der Waals surface area contributed by atoms with Crippen molar-refractivity contribution < 1.29 is 19.1 Å². The Morgan fingerprint density at radius 2 is 2.07 bits per heavy atom. The van der Waals surface area contributed by atoms with Gasteiger partial charge in [0.1, 0.15) is 10.8 Å². The van der Waals surface area contributed by atoms with E-state index in [9.17, 15) is 9.59 Å². The third kappa shape index (κ3) is 5.44. The van der Waals surface area contributed by atoms with Gasteiger partial charge in [-0.3, -0.25) is 4.79 Å². The number of fused-ring (bicyclic) bond motifs is 1. The maximum atomic E-state index is 12.7. The first-order valence-corrected chi connectivity index (χ1v) is 11.0. The zero-order chi connectivity index (χ0) is 21.1. The van der Waals surface area contributed by atoms with Gasteiger partial charge in [-0.1, -0.05) is 30.1 Å². The number of hydrogen-bond donors (Lipinski definition) is 1. The molecule has 0 fully saturated rings. The van der Waals surface area contributed by atoms with Crippen molar-refractivity contribution in [1.82, 2.24) is 0 Å². The number of halogens is 2. The molecule has 1 aromatic carbocycles. The molecule has 1 atom stereocenters. The van der Waals surface area contributed by atoms with Crippen LogP contribution in [0.15, 0.2) is 18.2 Å². The lowest BCUT2D eigenvalue weighted by atomic mass is 9.88. The first kappa shape index (κ1) is 21.9. The molecule has 1 amide bonds. The summed E-state index contributed by atoms with van der Waals surface area (Å²) in [6, 6.07) is 4.79. The minimum Gasteiger partial charge on any atom is -0.482 e. The molecule has 0 saturated carbocycles. The van der Waals surface area contributed by atoms with E-state index in [0.717, 1.165) is 29.7 Å². The van der Waals surface area contributed by atoms with E-state index in [0.29, 0.717) is 32.3 Å². The molecule has 0 saturated heterocycles. The van der Waals surface area contributed by atoms with Gasteiger partial charge in [-0.15, -0.1) is 11.3 Å². The number of esters is 1. The number of ether oxygens (including phenoxy) is 2. The Labute approximate surface area is 184 Å². The Hall–Kier alpha value is -1.76. The summed E-state index contributed by atoms with van der Waals surface area (Å²) in [7, 11) is 0. The van der Waals surface area contributed by atoms with E-state index in [-0.39, 0.29) is 18.6 Å². The van der Waals surface area contributed by atoms with Crippen molar-refractivity contribution in [2.75, 3.05) is 11.9 Å². The molecule has 5 nitrogen and oxygen atoms in total. The Balaban J connectivity index is 1.76. The van der Waals surface area contributed by atoms with E-state index in [2.05, 4.69) is 12.2 Å². The highest BCUT2D eigenvalue weighted by Crippen LogP contribution is 2.40. The summed E-state index contributed by atoms with van der Waals surface area (Å²) in [5.74, 6) is 0.143.